The number of amides is 1. The predicted molar refractivity (Wildman–Crippen MR) is 122 cm³/mol. The Hall–Kier alpha value is -3.91. The summed E-state index contributed by atoms with van der Waals surface area (Å²) in [4.78, 5) is 18.4. The lowest BCUT2D eigenvalue weighted by atomic mass is 10.2. The molecule has 0 saturated carbocycles. The molecule has 2 aromatic heterocycles. The van der Waals surface area contributed by atoms with Gasteiger partial charge in [-0.05, 0) is 54.1 Å². The fourth-order valence-corrected chi connectivity index (χ4v) is 4.26. The summed E-state index contributed by atoms with van der Waals surface area (Å²) >= 11 is 1.66. The first-order valence-electron chi connectivity index (χ1n) is 9.75. The molecule has 0 bridgehead atoms. The van der Waals surface area contributed by atoms with E-state index in [4.69, 9.17) is 4.98 Å². The van der Waals surface area contributed by atoms with Gasteiger partial charge in [0.05, 0.1) is 10.2 Å². The van der Waals surface area contributed by atoms with Gasteiger partial charge in [-0.1, -0.05) is 36.4 Å². The van der Waals surface area contributed by atoms with Crippen LogP contribution in [0.1, 0.15) is 5.56 Å². The van der Waals surface area contributed by atoms with E-state index in [1.165, 1.54) is 15.1 Å². The van der Waals surface area contributed by atoms with Crippen molar-refractivity contribution in [2.75, 3.05) is 5.32 Å². The standard InChI is InChI=1S/C23H18N6OS/c1-15-7-12-19-20(13-15)31-23(25-19)17-8-10-18(11-9-17)24-21(30)14-29-27-22(26-28-29)16-5-3-2-4-6-16/h2-13H,14H2,1H3,(H,24,30). The molecule has 31 heavy (non-hydrogen) atoms. The van der Waals surface area contributed by atoms with Crippen LogP contribution in [0.15, 0.2) is 72.8 Å². The van der Waals surface area contributed by atoms with E-state index >= 15 is 0 Å². The number of tetrazole rings is 1. The number of rotatable bonds is 5. The Morgan fingerprint density at radius 3 is 2.61 bits per heavy atom. The highest BCUT2D eigenvalue weighted by Crippen LogP contribution is 2.31. The highest BCUT2D eigenvalue weighted by atomic mass is 32.1. The van der Waals surface area contributed by atoms with E-state index in [0.29, 0.717) is 11.5 Å². The molecule has 0 aliphatic rings. The SMILES string of the molecule is Cc1ccc2nc(-c3ccc(NC(=O)Cn4nnc(-c5ccccc5)n4)cc3)sc2c1. The van der Waals surface area contributed by atoms with E-state index in [2.05, 4.69) is 39.8 Å². The second-order valence-corrected chi connectivity index (χ2v) is 8.16. The van der Waals surface area contributed by atoms with E-state index in [0.717, 1.165) is 21.7 Å². The van der Waals surface area contributed by atoms with Gasteiger partial charge < -0.3 is 5.32 Å². The Morgan fingerprint density at radius 2 is 1.81 bits per heavy atom. The number of hydrogen-bond donors (Lipinski definition) is 1. The molecule has 2 heterocycles. The van der Waals surface area contributed by atoms with Crippen molar-refractivity contribution in [3.63, 3.8) is 0 Å². The monoisotopic (exact) mass is 426 g/mol. The average Bonchev–Trinajstić information content (AvgIpc) is 3.41. The molecule has 0 fully saturated rings. The van der Waals surface area contributed by atoms with Gasteiger partial charge >= 0.3 is 0 Å². The molecule has 152 valence electrons. The summed E-state index contributed by atoms with van der Waals surface area (Å²) in [5.41, 5.74) is 4.79. The van der Waals surface area contributed by atoms with Gasteiger partial charge in [-0.25, -0.2) is 4.98 Å². The van der Waals surface area contributed by atoms with Crippen molar-refractivity contribution in [3.05, 3.63) is 78.4 Å². The van der Waals surface area contributed by atoms with Crippen LogP contribution in [0.5, 0.6) is 0 Å². The van der Waals surface area contributed by atoms with Gasteiger partial charge in [0.25, 0.3) is 0 Å². The number of thiazole rings is 1. The second kappa shape index (κ2) is 8.08. The third kappa shape index (κ3) is 4.19. The molecule has 5 aromatic rings. The molecule has 8 heteroatoms. The van der Waals surface area contributed by atoms with Crippen molar-refractivity contribution in [2.45, 2.75) is 13.5 Å². The van der Waals surface area contributed by atoms with Crippen molar-refractivity contribution in [2.24, 2.45) is 0 Å². The fourth-order valence-electron chi connectivity index (χ4n) is 3.19. The van der Waals surface area contributed by atoms with Crippen LogP contribution in [-0.4, -0.2) is 31.1 Å². The number of anilines is 1. The summed E-state index contributed by atoms with van der Waals surface area (Å²) in [5.74, 6) is 0.268. The third-order valence-corrected chi connectivity index (χ3v) is 5.80. The van der Waals surface area contributed by atoms with Crippen molar-refractivity contribution >= 4 is 33.1 Å². The maximum Gasteiger partial charge on any atom is 0.248 e. The zero-order valence-electron chi connectivity index (χ0n) is 16.7. The first-order valence-corrected chi connectivity index (χ1v) is 10.6. The van der Waals surface area contributed by atoms with Crippen molar-refractivity contribution in [1.82, 2.24) is 25.2 Å². The largest absolute Gasteiger partial charge is 0.324 e. The number of carbonyl (C=O) groups excluding carboxylic acids is 1. The highest BCUT2D eigenvalue weighted by molar-refractivity contribution is 7.21. The van der Waals surface area contributed by atoms with Gasteiger partial charge in [0, 0.05) is 16.8 Å². The summed E-state index contributed by atoms with van der Waals surface area (Å²) in [6.07, 6.45) is 0. The van der Waals surface area contributed by atoms with Crippen molar-refractivity contribution in [1.29, 1.82) is 0 Å². The maximum atomic E-state index is 12.4. The van der Waals surface area contributed by atoms with Gasteiger partial charge in [0.15, 0.2) is 0 Å². The van der Waals surface area contributed by atoms with Crippen LogP contribution in [0, 0.1) is 6.92 Å². The lowest BCUT2D eigenvalue weighted by Crippen LogP contribution is -2.20. The van der Waals surface area contributed by atoms with E-state index in [1.54, 1.807) is 11.3 Å². The third-order valence-electron chi connectivity index (χ3n) is 4.73. The normalized spacial score (nSPS) is 11.0. The Balaban J connectivity index is 1.25. The second-order valence-electron chi connectivity index (χ2n) is 7.13. The molecule has 0 saturated heterocycles. The van der Waals surface area contributed by atoms with Crippen molar-refractivity contribution < 1.29 is 4.79 Å². The molecule has 0 unspecified atom stereocenters. The molecule has 5 rings (SSSR count). The molecule has 0 aliphatic carbocycles. The van der Waals surface area contributed by atoms with Gasteiger partial charge in [0.1, 0.15) is 11.6 Å². The molecule has 0 atom stereocenters. The summed E-state index contributed by atoms with van der Waals surface area (Å²) in [6.45, 7) is 2.06. The summed E-state index contributed by atoms with van der Waals surface area (Å²) in [7, 11) is 0. The lowest BCUT2D eigenvalue weighted by Gasteiger charge is -2.05. The number of carbonyl (C=O) groups is 1. The highest BCUT2D eigenvalue weighted by Gasteiger charge is 2.10. The Labute approximate surface area is 182 Å². The van der Waals surface area contributed by atoms with Gasteiger partial charge in [-0.3, -0.25) is 4.79 Å². The molecular formula is C23H18N6OS. The van der Waals surface area contributed by atoms with Crippen molar-refractivity contribution in [3.8, 4) is 22.0 Å². The van der Waals surface area contributed by atoms with Crippen LogP contribution in [0.4, 0.5) is 5.69 Å². The van der Waals surface area contributed by atoms with E-state index in [1.807, 2.05) is 60.7 Å². The lowest BCUT2D eigenvalue weighted by molar-refractivity contribution is -0.117. The number of fused-ring (bicyclic) bond motifs is 1. The molecule has 3 aromatic carbocycles. The van der Waals surface area contributed by atoms with Gasteiger partial charge in [-0.15, -0.1) is 21.5 Å². The molecule has 0 radical (unpaired) electrons. The molecule has 1 amide bonds. The fraction of sp³-hybridized carbons (Fsp3) is 0.0870. The molecule has 1 N–H and O–H groups in total. The first-order chi connectivity index (χ1) is 15.1. The minimum Gasteiger partial charge on any atom is -0.324 e. The van der Waals surface area contributed by atoms with E-state index in [-0.39, 0.29) is 12.5 Å². The first kappa shape index (κ1) is 19.1. The van der Waals surface area contributed by atoms with Crippen LogP contribution in [0.25, 0.3) is 32.2 Å². The summed E-state index contributed by atoms with van der Waals surface area (Å²) < 4.78 is 1.17. The molecule has 0 spiro atoms. The number of hydrogen-bond acceptors (Lipinski definition) is 6. The number of aromatic nitrogens is 5. The Kier molecular flexibility index (Phi) is 4.97. The van der Waals surface area contributed by atoms with Crippen LogP contribution in [0.2, 0.25) is 0 Å². The Bertz CT molecular complexity index is 1360. The molecular weight excluding hydrogens is 408 g/mol. The number of benzene rings is 3. The van der Waals surface area contributed by atoms with Gasteiger partial charge in [0.2, 0.25) is 11.7 Å². The molecule has 0 aliphatic heterocycles. The number of nitrogens with zero attached hydrogens (tertiary/aromatic N) is 5. The minimum atomic E-state index is -0.222. The van der Waals surface area contributed by atoms with Crippen LogP contribution < -0.4 is 5.32 Å². The zero-order valence-corrected chi connectivity index (χ0v) is 17.5. The number of nitrogens with one attached hydrogen (secondary N) is 1. The minimum absolute atomic E-state index is 0.0151. The zero-order chi connectivity index (χ0) is 21.2. The van der Waals surface area contributed by atoms with Gasteiger partial charge in [-0.2, -0.15) is 4.80 Å². The average molecular weight is 427 g/mol. The molecule has 7 nitrogen and oxygen atoms in total. The number of aryl methyl sites for hydroxylation is 1. The quantitative estimate of drug-likeness (QED) is 0.445. The topological polar surface area (TPSA) is 85.6 Å². The maximum absolute atomic E-state index is 12.4. The Morgan fingerprint density at radius 1 is 1.00 bits per heavy atom. The van der Waals surface area contributed by atoms with E-state index in [9.17, 15) is 4.79 Å². The van der Waals surface area contributed by atoms with Crippen LogP contribution in [0.3, 0.4) is 0 Å². The van der Waals surface area contributed by atoms with Crippen LogP contribution in [-0.2, 0) is 11.3 Å². The summed E-state index contributed by atoms with van der Waals surface area (Å²) in [5, 5.41) is 16.1. The smallest absolute Gasteiger partial charge is 0.248 e. The predicted octanol–water partition coefficient (Wildman–Crippen LogP) is 4.56. The van der Waals surface area contributed by atoms with Crippen LogP contribution >= 0.6 is 11.3 Å². The summed E-state index contributed by atoms with van der Waals surface area (Å²) in [6, 6.07) is 23.4. The van der Waals surface area contributed by atoms with E-state index < -0.39 is 0 Å².